The molecule has 1 nitrogen and oxygen atoms in total. The predicted octanol–water partition coefficient (Wildman–Crippen LogP) is 3.98. The van der Waals surface area contributed by atoms with Crippen molar-refractivity contribution >= 4 is 0 Å². The van der Waals surface area contributed by atoms with Gasteiger partial charge in [-0.2, -0.15) is 0 Å². The topological polar surface area (TPSA) is 12.0 Å². The Kier molecular flexibility index (Phi) is 5.75. The molecule has 1 unspecified atom stereocenters. The van der Waals surface area contributed by atoms with Crippen molar-refractivity contribution in [3.63, 3.8) is 0 Å². The molecule has 0 bridgehead atoms. The molecule has 0 amide bonds. The van der Waals surface area contributed by atoms with Crippen LogP contribution in [0.15, 0.2) is 54.6 Å². The normalized spacial score (nSPS) is 12.3. The minimum absolute atomic E-state index is 0.169. The molecule has 0 radical (unpaired) electrons. The Morgan fingerprint density at radius 3 is 2.35 bits per heavy atom. The van der Waals surface area contributed by atoms with Crippen molar-refractivity contribution in [3.8, 4) is 0 Å². The maximum atomic E-state index is 12.8. The SMILES string of the molecule is CC(Cc1ccc(F)cc1)NCCCc1ccccc1. The zero-order valence-corrected chi connectivity index (χ0v) is 12.0. The Labute approximate surface area is 120 Å². The van der Waals surface area contributed by atoms with Crippen LogP contribution < -0.4 is 5.32 Å². The Balaban J connectivity index is 1.65. The first-order valence-electron chi connectivity index (χ1n) is 7.26. The maximum Gasteiger partial charge on any atom is 0.123 e. The van der Waals surface area contributed by atoms with Gasteiger partial charge in [0.2, 0.25) is 0 Å². The molecule has 106 valence electrons. The highest BCUT2D eigenvalue weighted by Gasteiger charge is 2.03. The van der Waals surface area contributed by atoms with Crippen LogP contribution in [0.3, 0.4) is 0 Å². The van der Waals surface area contributed by atoms with Gasteiger partial charge in [0.15, 0.2) is 0 Å². The summed E-state index contributed by atoms with van der Waals surface area (Å²) in [6.45, 7) is 3.18. The second-order valence-electron chi connectivity index (χ2n) is 5.27. The highest BCUT2D eigenvalue weighted by molar-refractivity contribution is 5.17. The number of halogens is 1. The molecular weight excluding hydrogens is 249 g/mol. The van der Waals surface area contributed by atoms with Crippen molar-refractivity contribution in [1.82, 2.24) is 5.32 Å². The van der Waals surface area contributed by atoms with Gasteiger partial charge in [0.25, 0.3) is 0 Å². The van der Waals surface area contributed by atoms with Crippen molar-refractivity contribution < 1.29 is 4.39 Å². The summed E-state index contributed by atoms with van der Waals surface area (Å²) in [5, 5.41) is 3.52. The second kappa shape index (κ2) is 7.81. The van der Waals surface area contributed by atoms with Crippen molar-refractivity contribution in [3.05, 3.63) is 71.5 Å². The molecule has 0 aliphatic heterocycles. The molecule has 0 aromatic heterocycles. The molecule has 2 heteroatoms. The smallest absolute Gasteiger partial charge is 0.123 e. The molecule has 0 spiro atoms. The number of benzene rings is 2. The van der Waals surface area contributed by atoms with Gasteiger partial charge >= 0.3 is 0 Å². The van der Waals surface area contributed by atoms with E-state index in [9.17, 15) is 4.39 Å². The summed E-state index contributed by atoms with van der Waals surface area (Å²) in [6.07, 6.45) is 3.18. The molecule has 0 saturated heterocycles. The van der Waals surface area contributed by atoms with Crippen LogP contribution in [0.4, 0.5) is 4.39 Å². The van der Waals surface area contributed by atoms with Gasteiger partial charge in [-0.25, -0.2) is 4.39 Å². The Morgan fingerprint density at radius 1 is 0.950 bits per heavy atom. The Morgan fingerprint density at radius 2 is 1.65 bits per heavy atom. The summed E-state index contributed by atoms with van der Waals surface area (Å²) >= 11 is 0. The fourth-order valence-corrected chi connectivity index (χ4v) is 2.33. The van der Waals surface area contributed by atoms with Gasteiger partial charge in [0.05, 0.1) is 0 Å². The Bertz CT molecular complexity index is 493. The van der Waals surface area contributed by atoms with Gasteiger partial charge in [-0.15, -0.1) is 0 Å². The van der Waals surface area contributed by atoms with E-state index in [-0.39, 0.29) is 5.82 Å². The average Bonchev–Trinajstić information content (AvgIpc) is 2.47. The van der Waals surface area contributed by atoms with Crippen molar-refractivity contribution in [2.24, 2.45) is 0 Å². The molecule has 0 aliphatic carbocycles. The number of aryl methyl sites for hydroxylation is 1. The van der Waals surface area contributed by atoms with Gasteiger partial charge in [0.1, 0.15) is 5.82 Å². The largest absolute Gasteiger partial charge is 0.314 e. The van der Waals surface area contributed by atoms with Gasteiger partial charge in [0, 0.05) is 6.04 Å². The van der Waals surface area contributed by atoms with E-state index < -0.39 is 0 Å². The third-order valence-corrected chi connectivity index (χ3v) is 3.43. The lowest BCUT2D eigenvalue weighted by atomic mass is 10.1. The predicted molar refractivity (Wildman–Crippen MR) is 82.3 cm³/mol. The van der Waals surface area contributed by atoms with Gasteiger partial charge in [-0.05, 0) is 56.0 Å². The monoisotopic (exact) mass is 271 g/mol. The number of nitrogens with one attached hydrogen (secondary N) is 1. The molecule has 0 heterocycles. The summed E-state index contributed by atoms with van der Waals surface area (Å²) in [4.78, 5) is 0. The van der Waals surface area contributed by atoms with Crippen LogP contribution in [-0.2, 0) is 12.8 Å². The van der Waals surface area contributed by atoms with Crippen molar-refractivity contribution in [1.29, 1.82) is 0 Å². The van der Waals surface area contributed by atoms with Crippen LogP contribution >= 0.6 is 0 Å². The minimum Gasteiger partial charge on any atom is -0.314 e. The second-order valence-corrected chi connectivity index (χ2v) is 5.27. The van der Waals surface area contributed by atoms with Crippen LogP contribution in [0.5, 0.6) is 0 Å². The molecule has 2 aromatic rings. The van der Waals surface area contributed by atoms with Crippen LogP contribution in [0.25, 0.3) is 0 Å². The summed E-state index contributed by atoms with van der Waals surface area (Å²) < 4.78 is 12.8. The van der Waals surface area contributed by atoms with E-state index in [4.69, 9.17) is 0 Å². The van der Waals surface area contributed by atoms with E-state index in [0.29, 0.717) is 6.04 Å². The van der Waals surface area contributed by atoms with Gasteiger partial charge < -0.3 is 5.32 Å². The fraction of sp³-hybridized carbons (Fsp3) is 0.333. The summed E-state index contributed by atoms with van der Waals surface area (Å²) in [7, 11) is 0. The van der Waals surface area contributed by atoms with E-state index >= 15 is 0 Å². The Hall–Kier alpha value is -1.67. The molecule has 0 fully saturated rings. The molecule has 0 saturated carbocycles. The third-order valence-electron chi connectivity index (χ3n) is 3.43. The van der Waals surface area contributed by atoms with Crippen LogP contribution in [0.2, 0.25) is 0 Å². The third kappa shape index (κ3) is 5.14. The number of rotatable bonds is 7. The maximum absolute atomic E-state index is 12.8. The first-order valence-corrected chi connectivity index (χ1v) is 7.26. The average molecular weight is 271 g/mol. The first-order chi connectivity index (χ1) is 9.74. The van der Waals surface area contributed by atoms with E-state index in [1.165, 1.54) is 23.3 Å². The molecule has 20 heavy (non-hydrogen) atoms. The summed E-state index contributed by atoms with van der Waals surface area (Å²) in [5.74, 6) is -0.169. The molecular formula is C18H22FN. The lowest BCUT2D eigenvalue weighted by molar-refractivity contribution is 0.533. The molecule has 1 atom stereocenters. The summed E-state index contributed by atoms with van der Waals surface area (Å²) in [6, 6.07) is 17.7. The lowest BCUT2D eigenvalue weighted by Gasteiger charge is -2.14. The fourth-order valence-electron chi connectivity index (χ4n) is 2.33. The van der Waals surface area contributed by atoms with E-state index in [1.54, 1.807) is 0 Å². The zero-order valence-electron chi connectivity index (χ0n) is 12.0. The number of hydrogen-bond acceptors (Lipinski definition) is 1. The minimum atomic E-state index is -0.169. The lowest BCUT2D eigenvalue weighted by Crippen LogP contribution is -2.29. The highest BCUT2D eigenvalue weighted by atomic mass is 19.1. The molecule has 2 aromatic carbocycles. The van der Waals surface area contributed by atoms with Crippen LogP contribution in [-0.4, -0.2) is 12.6 Å². The molecule has 1 N–H and O–H groups in total. The van der Waals surface area contributed by atoms with Crippen molar-refractivity contribution in [2.45, 2.75) is 32.2 Å². The molecule has 2 rings (SSSR count). The zero-order chi connectivity index (χ0) is 14.2. The van der Waals surface area contributed by atoms with E-state index in [2.05, 4.69) is 36.5 Å². The molecule has 0 aliphatic rings. The first kappa shape index (κ1) is 14.7. The number of hydrogen-bond donors (Lipinski definition) is 1. The van der Waals surface area contributed by atoms with Gasteiger partial charge in [-0.1, -0.05) is 42.5 Å². The van der Waals surface area contributed by atoms with Crippen LogP contribution in [0, 0.1) is 5.82 Å². The van der Waals surface area contributed by atoms with Gasteiger partial charge in [-0.3, -0.25) is 0 Å². The van der Waals surface area contributed by atoms with E-state index in [1.807, 2.05) is 18.2 Å². The standard InChI is InChI=1S/C18H22FN/c1-15(14-17-9-11-18(19)12-10-17)20-13-5-8-16-6-3-2-4-7-16/h2-4,6-7,9-12,15,20H,5,8,13-14H2,1H3. The highest BCUT2D eigenvalue weighted by Crippen LogP contribution is 2.06. The quantitative estimate of drug-likeness (QED) is 0.751. The van der Waals surface area contributed by atoms with Crippen LogP contribution in [0.1, 0.15) is 24.5 Å². The van der Waals surface area contributed by atoms with Crippen molar-refractivity contribution in [2.75, 3.05) is 6.54 Å². The van der Waals surface area contributed by atoms with E-state index in [0.717, 1.165) is 25.8 Å². The summed E-state index contributed by atoms with van der Waals surface area (Å²) in [5.41, 5.74) is 2.56.